The van der Waals surface area contributed by atoms with E-state index in [2.05, 4.69) is 32.0 Å². The second-order valence-corrected chi connectivity index (χ2v) is 9.58. The second-order valence-electron chi connectivity index (χ2n) is 9.58. The van der Waals surface area contributed by atoms with Crippen molar-refractivity contribution in [3.8, 4) is 34.2 Å². The molecule has 202 valence electrons. The highest BCUT2D eigenvalue weighted by Crippen LogP contribution is 2.31. The van der Waals surface area contributed by atoms with Crippen LogP contribution in [-0.2, 0) is 0 Å². The minimum atomic E-state index is -0.341. The van der Waals surface area contributed by atoms with Gasteiger partial charge in [0.2, 0.25) is 5.89 Å². The third kappa shape index (κ3) is 6.24. The van der Waals surface area contributed by atoms with Gasteiger partial charge in [-0.15, -0.1) is 0 Å². The maximum absolute atomic E-state index is 13.7. The molecular formula is C32H32N6O2. The predicted octanol–water partition coefficient (Wildman–Crippen LogP) is 6.11. The molecule has 2 aromatic heterocycles. The molecule has 0 unspecified atom stereocenters. The van der Waals surface area contributed by atoms with Gasteiger partial charge in [0, 0.05) is 36.8 Å². The van der Waals surface area contributed by atoms with Crippen LogP contribution >= 0.6 is 0 Å². The Hall–Kier alpha value is -4.82. The number of nitrogens with zero attached hydrogens (tertiary/aromatic N) is 5. The molecule has 0 aliphatic carbocycles. The zero-order valence-corrected chi connectivity index (χ0v) is 22.9. The van der Waals surface area contributed by atoms with Gasteiger partial charge in [-0.05, 0) is 33.2 Å². The Bertz CT molecular complexity index is 1570. The number of carbonyl (C=O) groups is 1. The number of nitrogens with one attached hydrogen (secondary N) is 1. The van der Waals surface area contributed by atoms with Crippen LogP contribution in [0.3, 0.4) is 0 Å². The number of para-hydroxylation sites is 1. The maximum atomic E-state index is 13.7. The van der Waals surface area contributed by atoms with Crippen molar-refractivity contribution in [1.29, 1.82) is 0 Å². The molecule has 0 fully saturated rings. The molecule has 5 aromatic rings. The fourth-order valence-electron chi connectivity index (χ4n) is 4.28. The molecule has 1 N–H and O–H groups in total. The molecule has 0 bridgehead atoms. The zero-order valence-electron chi connectivity index (χ0n) is 22.9. The summed E-state index contributed by atoms with van der Waals surface area (Å²) in [6, 6.07) is 28.7. The number of likely N-dealkylation sites (N-methyl/N-ethyl adjacent to an activating group) is 2. The molecule has 5 rings (SSSR count). The summed E-state index contributed by atoms with van der Waals surface area (Å²) in [6.07, 6.45) is 1.69. The summed E-state index contributed by atoms with van der Waals surface area (Å²) in [7, 11) is 4.08. The van der Waals surface area contributed by atoms with E-state index in [0.717, 1.165) is 30.8 Å². The number of oxazole rings is 1. The Morgan fingerprint density at radius 1 is 0.850 bits per heavy atom. The number of aromatic nitrogens is 3. The first kappa shape index (κ1) is 26.8. The molecule has 0 saturated carbocycles. The standard InChI is InChI=1S/C32H32N6O2/c1-4-38(20-19-37(2)3)29-21-27(34-30(36-29)24-15-9-6-10-16-24)31(39)35-26-18-12-11-17-25(26)32-33-22-28(40-32)23-13-7-5-8-14-23/h5-18,21-22H,4,19-20H2,1-3H3,(H,35,39). The summed E-state index contributed by atoms with van der Waals surface area (Å²) in [5.41, 5.74) is 3.31. The van der Waals surface area contributed by atoms with Crippen molar-refractivity contribution >= 4 is 17.4 Å². The van der Waals surface area contributed by atoms with Crippen LogP contribution in [0.15, 0.2) is 102 Å². The van der Waals surface area contributed by atoms with Gasteiger partial charge in [-0.25, -0.2) is 15.0 Å². The molecule has 0 aliphatic heterocycles. The van der Waals surface area contributed by atoms with E-state index in [1.165, 1.54) is 0 Å². The molecule has 0 atom stereocenters. The van der Waals surface area contributed by atoms with E-state index in [0.29, 0.717) is 34.5 Å². The number of hydrogen-bond donors (Lipinski definition) is 1. The summed E-state index contributed by atoms with van der Waals surface area (Å²) in [5.74, 6) is 1.94. The number of carbonyl (C=O) groups excluding carboxylic acids is 1. The topological polar surface area (TPSA) is 87.4 Å². The van der Waals surface area contributed by atoms with E-state index in [1.54, 1.807) is 12.3 Å². The summed E-state index contributed by atoms with van der Waals surface area (Å²) in [6.45, 7) is 4.45. The lowest BCUT2D eigenvalue weighted by Gasteiger charge is -2.24. The van der Waals surface area contributed by atoms with Crippen LogP contribution in [0, 0.1) is 0 Å². The molecule has 1 amide bonds. The molecule has 8 nitrogen and oxygen atoms in total. The van der Waals surface area contributed by atoms with Crippen LogP contribution < -0.4 is 10.2 Å². The molecule has 40 heavy (non-hydrogen) atoms. The Kier molecular flexibility index (Phi) is 8.27. The molecule has 3 aromatic carbocycles. The van der Waals surface area contributed by atoms with Gasteiger partial charge in [0.05, 0.1) is 17.4 Å². The monoisotopic (exact) mass is 532 g/mol. The first-order chi connectivity index (χ1) is 19.5. The molecule has 0 spiro atoms. The number of hydrogen-bond acceptors (Lipinski definition) is 7. The molecule has 0 saturated heterocycles. The van der Waals surface area contributed by atoms with Crippen molar-refractivity contribution < 1.29 is 9.21 Å². The third-order valence-electron chi connectivity index (χ3n) is 6.47. The molecule has 0 aliphatic rings. The minimum absolute atomic E-state index is 0.277. The largest absolute Gasteiger partial charge is 0.436 e. The van der Waals surface area contributed by atoms with Gasteiger partial charge >= 0.3 is 0 Å². The van der Waals surface area contributed by atoms with Crippen molar-refractivity contribution in [2.24, 2.45) is 0 Å². The van der Waals surface area contributed by atoms with Crippen LogP contribution in [0.25, 0.3) is 34.2 Å². The fourth-order valence-corrected chi connectivity index (χ4v) is 4.28. The van der Waals surface area contributed by atoms with Crippen LogP contribution in [0.1, 0.15) is 17.4 Å². The van der Waals surface area contributed by atoms with Crippen molar-refractivity contribution in [3.63, 3.8) is 0 Å². The van der Waals surface area contributed by atoms with Crippen LogP contribution in [0.5, 0.6) is 0 Å². The molecule has 0 radical (unpaired) electrons. The Morgan fingerprint density at radius 2 is 1.52 bits per heavy atom. The predicted molar refractivity (Wildman–Crippen MR) is 159 cm³/mol. The highest BCUT2D eigenvalue weighted by molar-refractivity contribution is 6.05. The average Bonchev–Trinajstić information content (AvgIpc) is 3.49. The minimum Gasteiger partial charge on any atom is -0.436 e. The van der Waals surface area contributed by atoms with Gasteiger partial charge in [-0.3, -0.25) is 4.79 Å². The maximum Gasteiger partial charge on any atom is 0.274 e. The number of anilines is 2. The fraction of sp³-hybridized carbons (Fsp3) is 0.188. The first-order valence-electron chi connectivity index (χ1n) is 13.3. The Morgan fingerprint density at radius 3 is 2.23 bits per heavy atom. The molecule has 8 heteroatoms. The number of benzene rings is 3. The van der Waals surface area contributed by atoms with E-state index in [-0.39, 0.29) is 11.6 Å². The summed E-state index contributed by atoms with van der Waals surface area (Å²) < 4.78 is 6.07. The molecule has 2 heterocycles. The van der Waals surface area contributed by atoms with Crippen molar-refractivity contribution in [2.75, 3.05) is 43.9 Å². The second kappa shape index (κ2) is 12.4. The highest BCUT2D eigenvalue weighted by atomic mass is 16.4. The van der Waals surface area contributed by atoms with E-state index in [4.69, 9.17) is 9.40 Å². The van der Waals surface area contributed by atoms with E-state index in [9.17, 15) is 4.79 Å². The smallest absolute Gasteiger partial charge is 0.274 e. The number of amides is 1. The normalized spacial score (nSPS) is 11.0. The van der Waals surface area contributed by atoms with Gasteiger partial charge in [0.15, 0.2) is 11.6 Å². The van der Waals surface area contributed by atoms with Crippen LogP contribution in [0.2, 0.25) is 0 Å². The van der Waals surface area contributed by atoms with Gasteiger partial charge in [-0.2, -0.15) is 0 Å². The lowest BCUT2D eigenvalue weighted by atomic mass is 10.1. The van der Waals surface area contributed by atoms with Crippen LogP contribution in [-0.4, -0.2) is 59.5 Å². The van der Waals surface area contributed by atoms with E-state index >= 15 is 0 Å². The van der Waals surface area contributed by atoms with E-state index in [1.807, 2.05) is 99.0 Å². The summed E-state index contributed by atoms with van der Waals surface area (Å²) >= 11 is 0. The Balaban J connectivity index is 1.47. The number of rotatable bonds is 10. The van der Waals surface area contributed by atoms with Gasteiger partial charge in [0.25, 0.3) is 5.91 Å². The summed E-state index contributed by atoms with van der Waals surface area (Å²) in [5, 5.41) is 3.03. The van der Waals surface area contributed by atoms with Gasteiger partial charge in [-0.1, -0.05) is 72.8 Å². The van der Waals surface area contributed by atoms with Gasteiger partial charge < -0.3 is 19.5 Å². The SMILES string of the molecule is CCN(CCN(C)C)c1cc(C(=O)Nc2ccccc2-c2ncc(-c3ccccc3)o2)nc(-c2ccccc2)n1. The lowest BCUT2D eigenvalue weighted by Crippen LogP contribution is -2.32. The van der Waals surface area contributed by atoms with Crippen molar-refractivity contribution in [3.05, 3.63) is 103 Å². The first-order valence-corrected chi connectivity index (χ1v) is 13.3. The lowest BCUT2D eigenvalue weighted by molar-refractivity contribution is 0.102. The summed E-state index contributed by atoms with van der Waals surface area (Å²) in [4.78, 5) is 31.9. The third-order valence-corrected chi connectivity index (χ3v) is 6.47. The van der Waals surface area contributed by atoms with Crippen LogP contribution in [0.4, 0.5) is 11.5 Å². The van der Waals surface area contributed by atoms with Crippen molar-refractivity contribution in [1.82, 2.24) is 19.9 Å². The average molecular weight is 533 g/mol. The molecular weight excluding hydrogens is 500 g/mol. The quantitative estimate of drug-likeness (QED) is 0.232. The Labute approximate surface area is 234 Å². The van der Waals surface area contributed by atoms with E-state index < -0.39 is 0 Å². The van der Waals surface area contributed by atoms with Crippen molar-refractivity contribution in [2.45, 2.75) is 6.92 Å². The van der Waals surface area contributed by atoms with Gasteiger partial charge in [0.1, 0.15) is 11.5 Å². The zero-order chi connectivity index (χ0) is 27.9. The highest BCUT2D eigenvalue weighted by Gasteiger charge is 2.19.